The first-order valence-electron chi connectivity index (χ1n) is 8.92. The van der Waals surface area contributed by atoms with Gasteiger partial charge in [0, 0.05) is 13.0 Å². The van der Waals surface area contributed by atoms with E-state index in [9.17, 15) is 10.2 Å². The van der Waals surface area contributed by atoms with Crippen LogP contribution in [0.1, 0.15) is 44.7 Å². The zero-order valence-electron chi connectivity index (χ0n) is 15.1. The van der Waals surface area contributed by atoms with Gasteiger partial charge in [-0.05, 0) is 37.4 Å². The summed E-state index contributed by atoms with van der Waals surface area (Å²) >= 11 is 0. The zero-order valence-corrected chi connectivity index (χ0v) is 15.1. The standard InChI is InChI=1S/C19H33NO4/c1-4-10-20-12-16-8-6-15(7-9-16)11-18(24-14(3)5-2)19(23)17(22)13-21/h6-9,14,17-23H,4-5,10-13H2,1-3H3. The van der Waals surface area contributed by atoms with E-state index in [2.05, 4.69) is 24.4 Å². The molecule has 0 aliphatic rings. The lowest BCUT2D eigenvalue weighted by molar-refractivity contribution is -0.120. The molecule has 0 aliphatic carbocycles. The Labute approximate surface area is 145 Å². The molecule has 0 heterocycles. The number of aliphatic hydroxyl groups excluding tert-OH is 3. The van der Waals surface area contributed by atoms with Crippen LogP contribution in [0.25, 0.3) is 0 Å². The molecule has 0 aliphatic heterocycles. The van der Waals surface area contributed by atoms with E-state index in [1.54, 1.807) is 0 Å². The van der Waals surface area contributed by atoms with Gasteiger partial charge in [-0.1, -0.05) is 38.1 Å². The van der Waals surface area contributed by atoms with Crippen LogP contribution in [0, 0.1) is 0 Å². The van der Waals surface area contributed by atoms with Gasteiger partial charge in [-0.2, -0.15) is 0 Å². The van der Waals surface area contributed by atoms with Gasteiger partial charge in [-0.3, -0.25) is 0 Å². The Morgan fingerprint density at radius 3 is 2.25 bits per heavy atom. The van der Waals surface area contributed by atoms with E-state index in [1.807, 2.05) is 26.0 Å². The minimum atomic E-state index is -1.20. The molecule has 0 radical (unpaired) electrons. The summed E-state index contributed by atoms with van der Waals surface area (Å²) in [5.41, 5.74) is 2.24. The van der Waals surface area contributed by atoms with Crippen LogP contribution in [0.4, 0.5) is 0 Å². The molecular formula is C19H33NO4. The summed E-state index contributed by atoms with van der Waals surface area (Å²) in [6.07, 6.45) is -0.463. The molecule has 0 bridgehead atoms. The molecule has 24 heavy (non-hydrogen) atoms. The molecule has 1 rings (SSSR count). The third kappa shape index (κ3) is 7.28. The number of rotatable bonds is 12. The molecular weight excluding hydrogens is 306 g/mol. The van der Waals surface area contributed by atoms with E-state index in [-0.39, 0.29) is 6.10 Å². The summed E-state index contributed by atoms with van der Waals surface area (Å²) < 4.78 is 5.86. The second kappa shape index (κ2) is 11.6. The van der Waals surface area contributed by atoms with Gasteiger partial charge >= 0.3 is 0 Å². The Kier molecular flexibility index (Phi) is 10.1. The molecule has 0 aromatic heterocycles. The maximum Gasteiger partial charge on any atom is 0.109 e. The van der Waals surface area contributed by atoms with Crippen molar-refractivity contribution < 1.29 is 20.1 Å². The van der Waals surface area contributed by atoms with Gasteiger partial charge in [0.15, 0.2) is 0 Å². The van der Waals surface area contributed by atoms with Crippen LogP contribution in [-0.2, 0) is 17.7 Å². The number of hydrogen-bond donors (Lipinski definition) is 4. The molecule has 4 unspecified atom stereocenters. The van der Waals surface area contributed by atoms with Crippen LogP contribution in [-0.4, -0.2) is 52.9 Å². The van der Waals surface area contributed by atoms with E-state index in [0.29, 0.717) is 6.42 Å². The van der Waals surface area contributed by atoms with Crippen molar-refractivity contribution in [3.63, 3.8) is 0 Å². The minimum absolute atomic E-state index is 0.0203. The third-order valence-corrected chi connectivity index (χ3v) is 4.16. The zero-order chi connectivity index (χ0) is 17.9. The number of benzene rings is 1. The molecule has 0 amide bonds. The highest BCUT2D eigenvalue weighted by Crippen LogP contribution is 2.16. The first-order chi connectivity index (χ1) is 11.5. The van der Waals surface area contributed by atoms with Crippen LogP contribution < -0.4 is 5.32 Å². The fourth-order valence-corrected chi connectivity index (χ4v) is 2.43. The maximum atomic E-state index is 10.2. The van der Waals surface area contributed by atoms with Gasteiger partial charge in [0.1, 0.15) is 12.2 Å². The summed E-state index contributed by atoms with van der Waals surface area (Å²) in [5.74, 6) is 0. The second-order valence-corrected chi connectivity index (χ2v) is 6.33. The van der Waals surface area contributed by atoms with Crippen molar-refractivity contribution in [2.45, 2.75) is 71.0 Å². The van der Waals surface area contributed by atoms with Crippen molar-refractivity contribution in [1.29, 1.82) is 0 Å². The van der Waals surface area contributed by atoms with E-state index < -0.39 is 24.9 Å². The largest absolute Gasteiger partial charge is 0.394 e. The quantitative estimate of drug-likeness (QED) is 0.435. The lowest BCUT2D eigenvalue weighted by Gasteiger charge is -2.28. The molecule has 5 nitrogen and oxygen atoms in total. The van der Waals surface area contributed by atoms with Gasteiger partial charge in [-0.25, -0.2) is 0 Å². The third-order valence-electron chi connectivity index (χ3n) is 4.16. The lowest BCUT2D eigenvalue weighted by Crippen LogP contribution is -2.43. The van der Waals surface area contributed by atoms with Crippen molar-refractivity contribution in [2.24, 2.45) is 0 Å². The van der Waals surface area contributed by atoms with Gasteiger partial charge in [0.25, 0.3) is 0 Å². The first kappa shape index (κ1) is 21.1. The Balaban J connectivity index is 2.70. The number of nitrogens with one attached hydrogen (secondary N) is 1. The Bertz CT molecular complexity index is 437. The molecule has 0 saturated heterocycles. The highest BCUT2D eigenvalue weighted by atomic mass is 16.5. The van der Waals surface area contributed by atoms with Crippen LogP contribution in [0.3, 0.4) is 0 Å². The van der Waals surface area contributed by atoms with E-state index in [4.69, 9.17) is 9.84 Å². The van der Waals surface area contributed by atoms with Gasteiger partial charge in [0.05, 0.1) is 18.8 Å². The highest BCUT2D eigenvalue weighted by Gasteiger charge is 2.28. The number of ether oxygens (including phenoxy) is 1. The molecule has 1 aromatic carbocycles. The fraction of sp³-hybridized carbons (Fsp3) is 0.684. The Hall–Kier alpha value is -0.980. The van der Waals surface area contributed by atoms with Crippen LogP contribution in [0.5, 0.6) is 0 Å². The summed E-state index contributed by atoms with van der Waals surface area (Å²) in [4.78, 5) is 0. The smallest absolute Gasteiger partial charge is 0.109 e. The van der Waals surface area contributed by atoms with E-state index in [1.165, 1.54) is 5.56 Å². The minimum Gasteiger partial charge on any atom is -0.394 e. The van der Waals surface area contributed by atoms with Crippen LogP contribution in [0.15, 0.2) is 24.3 Å². The molecule has 5 heteroatoms. The fourth-order valence-electron chi connectivity index (χ4n) is 2.43. The molecule has 4 N–H and O–H groups in total. The average Bonchev–Trinajstić information content (AvgIpc) is 2.61. The predicted molar refractivity (Wildman–Crippen MR) is 95.9 cm³/mol. The summed E-state index contributed by atoms with van der Waals surface area (Å²) in [6.45, 7) is 7.44. The van der Waals surface area contributed by atoms with Crippen LogP contribution in [0.2, 0.25) is 0 Å². The normalized spacial score (nSPS) is 16.6. The molecule has 0 saturated carbocycles. The van der Waals surface area contributed by atoms with Crippen molar-refractivity contribution in [2.75, 3.05) is 13.2 Å². The van der Waals surface area contributed by atoms with Crippen molar-refractivity contribution in [1.82, 2.24) is 5.32 Å². The summed E-state index contributed by atoms with van der Waals surface area (Å²) in [6, 6.07) is 8.17. The molecule has 0 fully saturated rings. The molecule has 4 atom stereocenters. The Morgan fingerprint density at radius 1 is 1.08 bits per heavy atom. The average molecular weight is 339 g/mol. The SMILES string of the molecule is CCCNCc1ccc(CC(OC(C)CC)C(O)C(O)CO)cc1. The molecule has 0 spiro atoms. The van der Waals surface area contributed by atoms with E-state index >= 15 is 0 Å². The maximum absolute atomic E-state index is 10.2. The topological polar surface area (TPSA) is 82.0 Å². The van der Waals surface area contributed by atoms with E-state index in [0.717, 1.165) is 31.5 Å². The molecule has 138 valence electrons. The monoisotopic (exact) mass is 339 g/mol. The summed E-state index contributed by atoms with van der Waals surface area (Å²) in [7, 11) is 0. The lowest BCUT2D eigenvalue weighted by atomic mass is 9.99. The van der Waals surface area contributed by atoms with Crippen molar-refractivity contribution in [3.05, 3.63) is 35.4 Å². The second-order valence-electron chi connectivity index (χ2n) is 6.33. The summed E-state index contributed by atoms with van der Waals surface area (Å²) in [5, 5.41) is 32.4. The number of hydrogen-bond acceptors (Lipinski definition) is 5. The van der Waals surface area contributed by atoms with Gasteiger partial charge in [-0.15, -0.1) is 0 Å². The molecule has 1 aromatic rings. The first-order valence-corrected chi connectivity index (χ1v) is 8.92. The van der Waals surface area contributed by atoms with Crippen LogP contribution >= 0.6 is 0 Å². The van der Waals surface area contributed by atoms with Gasteiger partial charge < -0.3 is 25.4 Å². The Morgan fingerprint density at radius 2 is 1.71 bits per heavy atom. The highest BCUT2D eigenvalue weighted by molar-refractivity contribution is 5.23. The predicted octanol–water partition coefficient (Wildman–Crippen LogP) is 1.63. The van der Waals surface area contributed by atoms with Crippen molar-refractivity contribution in [3.8, 4) is 0 Å². The number of aliphatic hydroxyl groups is 3. The van der Waals surface area contributed by atoms with Crippen molar-refractivity contribution >= 4 is 0 Å². The van der Waals surface area contributed by atoms with Gasteiger partial charge in [0.2, 0.25) is 0 Å².